The predicted molar refractivity (Wildman–Crippen MR) is 124 cm³/mol. The molecule has 174 valence electrons. The van der Waals surface area contributed by atoms with Crippen molar-refractivity contribution in [3.05, 3.63) is 59.7 Å². The van der Waals surface area contributed by atoms with Crippen LogP contribution in [0.5, 0.6) is 0 Å². The molecule has 0 heterocycles. The number of benzene rings is 2. The standard InChI is InChI=1S/C26H30N2O5/c1-2-3-12-23(25(30)31)28-24(29)21-13-16(21)14-27-26(32)33-15-22-19-10-6-4-8-17(19)18-9-5-7-11-20(18)22/h4-11,16,21-23H,2-3,12-15H2,1H3,(H,27,32)(H,28,29)(H,30,31). The van der Waals surface area contributed by atoms with Crippen molar-refractivity contribution in [1.29, 1.82) is 0 Å². The Morgan fingerprint density at radius 2 is 1.70 bits per heavy atom. The molecule has 7 nitrogen and oxygen atoms in total. The monoisotopic (exact) mass is 450 g/mol. The van der Waals surface area contributed by atoms with Gasteiger partial charge in [-0.1, -0.05) is 68.3 Å². The largest absolute Gasteiger partial charge is 0.480 e. The molecule has 0 radical (unpaired) electrons. The van der Waals surface area contributed by atoms with Crippen molar-refractivity contribution < 1.29 is 24.2 Å². The van der Waals surface area contributed by atoms with Crippen molar-refractivity contribution in [2.45, 2.75) is 44.6 Å². The Kier molecular flexibility index (Phi) is 6.96. The molecule has 0 saturated heterocycles. The Balaban J connectivity index is 1.24. The van der Waals surface area contributed by atoms with Gasteiger partial charge in [0.2, 0.25) is 5.91 Å². The Morgan fingerprint density at radius 3 is 2.30 bits per heavy atom. The Hall–Kier alpha value is -3.35. The first kappa shape index (κ1) is 22.8. The maximum Gasteiger partial charge on any atom is 0.407 e. The number of fused-ring (bicyclic) bond motifs is 3. The number of hydrogen-bond donors (Lipinski definition) is 3. The van der Waals surface area contributed by atoms with Gasteiger partial charge in [0.05, 0.1) is 0 Å². The summed E-state index contributed by atoms with van der Waals surface area (Å²) in [6.45, 7) is 2.56. The van der Waals surface area contributed by atoms with Crippen molar-refractivity contribution in [1.82, 2.24) is 10.6 Å². The van der Waals surface area contributed by atoms with E-state index in [9.17, 15) is 19.5 Å². The first-order valence-electron chi connectivity index (χ1n) is 11.6. The number of nitrogens with one attached hydrogen (secondary N) is 2. The molecule has 2 aromatic carbocycles. The molecule has 0 aliphatic heterocycles. The van der Waals surface area contributed by atoms with Crippen LogP contribution in [-0.2, 0) is 14.3 Å². The molecular weight excluding hydrogens is 420 g/mol. The van der Waals surface area contributed by atoms with Gasteiger partial charge in [-0.15, -0.1) is 0 Å². The first-order valence-corrected chi connectivity index (χ1v) is 11.6. The van der Waals surface area contributed by atoms with Crippen LogP contribution >= 0.6 is 0 Å². The molecule has 3 atom stereocenters. The predicted octanol–water partition coefficient (Wildman–Crippen LogP) is 3.92. The van der Waals surface area contributed by atoms with Crippen LogP contribution in [0.4, 0.5) is 4.79 Å². The van der Waals surface area contributed by atoms with Crippen molar-refractivity contribution in [3.8, 4) is 11.1 Å². The molecule has 2 aliphatic rings. The van der Waals surface area contributed by atoms with Crippen LogP contribution in [0.15, 0.2) is 48.5 Å². The van der Waals surface area contributed by atoms with Gasteiger partial charge in [0.25, 0.3) is 0 Å². The smallest absolute Gasteiger partial charge is 0.407 e. The Labute approximate surface area is 193 Å². The number of alkyl carbamates (subject to hydrolysis) is 1. The summed E-state index contributed by atoms with van der Waals surface area (Å²) in [6.07, 6.45) is 2.17. The summed E-state index contributed by atoms with van der Waals surface area (Å²) in [4.78, 5) is 36.0. The van der Waals surface area contributed by atoms with Gasteiger partial charge < -0.3 is 20.5 Å². The average molecular weight is 451 g/mol. The quantitative estimate of drug-likeness (QED) is 0.509. The highest BCUT2D eigenvalue weighted by Crippen LogP contribution is 2.44. The lowest BCUT2D eigenvalue weighted by Gasteiger charge is -2.15. The van der Waals surface area contributed by atoms with Gasteiger partial charge in [0.1, 0.15) is 12.6 Å². The molecule has 33 heavy (non-hydrogen) atoms. The minimum absolute atomic E-state index is 0.00123. The minimum atomic E-state index is -1.01. The second kappa shape index (κ2) is 10.1. The van der Waals surface area contributed by atoms with E-state index >= 15 is 0 Å². The van der Waals surface area contributed by atoms with Crippen LogP contribution in [0, 0.1) is 11.8 Å². The number of carboxylic acid groups (broad SMARTS) is 1. The molecule has 1 saturated carbocycles. The van der Waals surface area contributed by atoms with Crippen LogP contribution in [0.25, 0.3) is 11.1 Å². The topological polar surface area (TPSA) is 105 Å². The number of amides is 2. The average Bonchev–Trinajstić information content (AvgIpc) is 3.54. The SMILES string of the molecule is CCCCC(NC(=O)C1CC1CNC(=O)OCC1c2ccccc2-c2ccccc21)C(=O)O. The zero-order valence-electron chi connectivity index (χ0n) is 18.8. The van der Waals surface area contributed by atoms with E-state index < -0.39 is 18.1 Å². The van der Waals surface area contributed by atoms with Crippen molar-refractivity contribution >= 4 is 18.0 Å². The molecular formula is C26H30N2O5. The third-order valence-corrected chi connectivity index (χ3v) is 6.57. The molecule has 0 spiro atoms. The number of hydrogen-bond acceptors (Lipinski definition) is 4. The van der Waals surface area contributed by atoms with Gasteiger partial charge in [-0.2, -0.15) is 0 Å². The van der Waals surface area contributed by atoms with Gasteiger partial charge in [0, 0.05) is 18.4 Å². The fourth-order valence-electron chi connectivity index (χ4n) is 4.60. The summed E-state index contributed by atoms with van der Waals surface area (Å²) >= 11 is 0. The molecule has 7 heteroatoms. The van der Waals surface area contributed by atoms with Crippen molar-refractivity contribution in [3.63, 3.8) is 0 Å². The molecule has 3 unspecified atom stereocenters. The second-order valence-electron chi connectivity index (χ2n) is 8.85. The molecule has 2 aromatic rings. The maximum atomic E-state index is 12.4. The highest BCUT2D eigenvalue weighted by Gasteiger charge is 2.44. The van der Waals surface area contributed by atoms with Gasteiger partial charge in [0.15, 0.2) is 0 Å². The van der Waals surface area contributed by atoms with E-state index in [2.05, 4.69) is 34.9 Å². The summed E-state index contributed by atoms with van der Waals surface area (Å²) in [6, 6.07) is 15.5. The molecule has 1 fully saturated rings. The molecule has 2 aliphatic carbocycles. The molecule has 0 aromatic heterocycles. The Bertz CT molecular complexity index is 991. The fourth-order valence-corrected chi connectivity index (χ4v) is 4.60. The summed E-state index contributed by atoms with van der Waals surface area (Å²) in [5.74, 6) is -1.52. The van der Waals surface area contributed by atoms with Crippen LogP contribution in [0.3, 0.4) is 0 Å². The molecule has 4 rings (SSSR count). The van der Waals surface area contributed by atoms with E-state index in [0.29, 0.717) is 19.4 Å². The number of ether oxygens (including phenoxy) is 1. The van der Waals surface area contributed by atoms with Gasteiger partial charge >= 0.3 is 12.1 Å². The van der Waals surface area contributed by atoms with E-state index in [1.807, 2.05) is 31.2 Å². The number of carbonyl (C=O) groups is 3. The second-order valence-corrected chi connectivity index (χ2v) is 8.85. The number of aliphatic carboxylic acids is 1. The van der Waals surface area contributed by atoms with E-state index in [1.165, 1.54) is 11.1 Å². The summed E-state index contributed by atoms with van der Waals surface area (Å²) in [7, 11) is 0. The van der Waals surface area contributed by atoms with Gasteiger partial charge in [-0.3, -0.25) is 4.79 Å². The van der Waals surface area contributed by atoms with Crippen LogP contribution in [0.1, 0.15) is 49.7 Å². The Morgan fingerprint density at radius 1 is 1.06 bits per heavy atom. The van der Waals surface area contributed by atoms with E-state index in [1.54, 1.807) is 0 Å². The lowest BCUT2D eigenvalue weighted by molar-refractivity contribution is -0.142. The number of unbranched alkanes of at least 4 members (excludes halogenated alkanes) is 1. The lowest BCUT2D eigenvalue weighted by Crippen LogP contribution is -2.42. The van der Waals surface area contributed by atoms with Crippen molar-refractivity contribution in [2.24, 2.45) is 11.8 Å². The summed E-state index contributed by atoms with van der Waals surface area (Å²) in [5.41, 5.74) is 4.66. The summed E-state index contributed by atoms with van der Waals surface area (Å²) < 4.78 is 5.53. The van der Waals surface area contributed by atoms with Crippen molar-refractivity contribution in [2.75, 3.05) is 13.2 Å². The summed E-state index contributed by atoms with van der Waals surface area (Å²) in [5, 5.41) is 14.7. The van der Waals surface area contributed by atoms with Crippen LogP contribution < -0.4 is 10.6 Å². The maximum absolute atomic E-state index is 12.4. The molecule has 2 amide bonds. The fraction of sp³-hybridized carbons (Fsp3) is 0.423. The minimum Gasteiger partial charge on any atom is -0.480 e. The molecule has 3 N–H and O–H groups in total. The highest BCUT2D eigenvalue weighted by molar-refractivity contribution is 5.86. The van der Waals surface area contributed by atoms with Crippen LogP contribution in [-0.4, -0.2) is 42.3 Å². The third kappa shape index (κ3) is 5.18. The van der Waals surface area contributed by atoms with E-state index in [4.69, 9.17) is 4.74 Å². The first-order chi connectivity index (χ1) is 16.0. The zero-order chi connectivity index (χ0) is 23.4. The lowest BCUT2D eigenvalue weighted by atomic mass is 9.98. The number of carbonyl (C=O) groups excluding carboxylic acids is 2. The third-order valence-electron chi connectivity index (χ3n) is 6.57. The number of rotatable bonds is 10. The van der Waals surface area contributed by atoms with E-state index in [0.717, 1.165) is 24.0 Å². The van der Waals surface area contributed by atoms with Gasteiger partial charge in [-0.05, 0) is 41.0 Å². The van der Waals surface area contributed by atoms with Gasteiger partial charge in [-0.25, -0.2) is 9.59 Å². The highest BCUT2D eigenvalue weighted by atomic mass is 16.5. The normalized spacial score (nSPS) is 19.2. The van der Waals surface area contributed by atoms with E-state index in [-0.39, 0.29) is 30.3 Å². The number of carboxylic acids is 1. The van der Waals surface area contributed by atoms with Crippen LogP contribution in [0.2, 0.25) is 0 Å². The zero-order valence-corrected chi connectivity index (χ0v) is 18.8. The molecule has 0 bridgehead atoms.